The fourth-order valence-corrected chi connectivity index (χ4v) is 1.48. The van der Waals surface area contributed by atoms with E-state index in [9.17, 15) is 10.2 Å². The molecule has 78 valence electrons. The van der Waals surface area contributed by atoms with Crippen LogP contribution in [-0.2, 0) is 0 Å². The molecule has 0 spiro atoms. The van der Waals surface area contributed by atoms with Crippen molar-refractivity contribution in [2.45, 2.75) is 0 Å². The summed E-state index contributed by atoms with van der Waals surface area (Å²) in [5.41, 5.74) is 5.78. The number of aromatic hydroxyl groups is 2. The van der Waals surface area contributed by atoms with Gasteiger partial charge in [-0.2, -0.15) is 0 Å². The molecule has 4 nitrogen and oxygen atoms in total. The van der Waals surface area contributed by atoms with Crippen LogP contribution in [0.3, 0.4) is 0 Å². The monoisotopic (exact) mass is 225 g/mol. The lowest BCUT2D eigenvalue weighted by atomic mass is 10.1. The molecule has 0 saturated heterocycles. The molecule has 0 bridgehead atoms. The lowest BCUT2D eigenvalue weighted by Gasteiger charge is -1.99. The van der Waals surface area contributed by atoms with Crippen molar-refractivity contribution in [3.8, 4) is 22.8 Å². The molecule has 0 aliphatic rings. The first kappa shape index (κ1) is 9.73. The number of nitrogens with two attached hydrogens (primary N) is 1. The zero-order valence-electron chi connectivity index (χ0n) is 7.57. The first-order valence-corrected chi connectivity index (χ1v) is 4.54. The van der Waals surface area contributed by atoms with Crippen molar-refractivity contribution < 1.29 is 14.6 Å². The molecule has 0 atom stereocenters. The molecule has 2 aromatic rings. The van der Waals surface area contributed by atoms with Crippen molar-refractivity contribution in [1.82, 2.24) is 0 Å². The Morgan fingerprint density at radius 2 is 1.80 bits per heavy atom. The number of benzene rings is 1. The van der Waals surface area contributed by atoms with E-state index in [-0.39, 0.29) is 11.6 Å². The Labute approximate surface area is 90.5 Å². The topological polar surface area (TPSA) is 79.6 Å². The number of hydrogen-bond donors (Lipinski definition) is 3. The minimum absolute atomic E-state index is 0.0654. The zero-order valence-corrected chi connectivity index (χ0v) is 8.32. The van der Waals surface area contributed by atoms with E-state index in [0.717, 1.165) is 0 Å². The fourth-order valence-electron chi connectivity index (χ4n) is 1.26. The highest BCUT2D eigenvalue weighted by Crippen LogP contribution is 2.45. The van der Waals surface area contributed by atoms with E-state index >= 15 is 0 Å². The summed E-state index contributed by atoms with van der Waals surface area (Å²) in [6.45, 7) is 0. The molecule has 0 unspecified atom stereocenters. The second-order valence-electron chi connectivity index (χ2n) is 2.97. The van der Waals surface area contributed by atoms with Gasteiger partial charge in [0.15, 0.2) is 5.76 Å². The Balaban J connectivity index is 2.65. The van der Waals surface area contributed by atoms with Crippen LogP contribution in [0, 0.1) is 0 Å². The van der Waals surface area contributed by atoms with Gasteiger partial charge in [0.2, 0.25) is 17.4 Å². The van der Waals surface area contributed by atoms with Crippen molar-refractivity contribution in [1.29, 1.82) is 0 Å². The van der Waals surface area contributed by atoms with Crippen LogP contribution in [0.2, 0.25) is 5.02 Å². The molecule has 2 rings (SSSR count). The third-order valence-electron chi connectivity index (χ3n) is 2.00. The van der Waals surface area contributed by atoms with E-state index in [1.165, 1.54) is 0 Å². The normalized spacial score (nSPS) is 10.5. The van der Waals surface area contributed by atoms with Crippen LogP contribution in [-0.4, -0.2) is 10.2 Å². The summed E-state index contributed by atoms with van der Waals surface area (Å²) in [6, 6.07) is 6.78. The minimum Gasteiger partial charge on any atom is -0.502 e. The number of nitrogen functional groups attached to an aromatic ring is 1. The van der Waals surface area contributed by atoms with Gasteiger partial charge in [0, 0.05) is 5.56 Å². The molecular formula is C10H8ClNO3. The lowest BCUT2D eigenvalue weighted by Crippen LogP contribution is -1.78. The molecule has 5 heteroatoms. The van der Waals surface area contributed by atoms with E-state index in [0.29, 0.717) is 10.6 Å². The van der Waals surface area contributed by atoms with Crippen molar-refractivity contribution >= 4 is 17.5 Å². The van der Waals surface area contributed by atoms with Crippen LogP contribution in [0.15, 0.2) is 28.7 Å². The van der Waals surface area contributed by atoms with Crippen molar-refractivity contribution in [2.24, 2.45) is 0 Å². The predicted octanol–water partition coefficient (Wildman–Crippen LogP) is 2.59. The van der Waals surface area contributed by atoms with Gasteiger partial charge in [-0.05, 0) is 12.1 Å². The van der Waals surface area contributed by atoms with Gasteiger partial charge in [-0.3, -0.25) is 0 Å². The quantitative estimate of drug-likeness (QED) is 0.697. The van der Waals surface area contributed by atoms with Gasteiger partial charge in [0.25, 0.3) is 0 Å². The molecule has 0 fully saturated rings. The van der Waals surface area contributed by atoms with Gasteiger partial charge >= 0.3 is 0 Å². The van der Waals surface area contributed by atoms with Gasteiger partial charge in [0.05, 0.1) is 5.02 Å². The molecule has 0 radical (unpaired) electrons. The highest BCUT2D eigenvalue weighted by atomic mass is 35.5. The van der Waals surface area contributed by atoms with E-state index < -0.39 is 11.5 Å². The van der Waals surface area contributed by atoms with Crippen LogP contribution in [0.5, 0.6) is 11.5 Å². The first-order valence-electron chi connectivity index (χ1n) is 4.16. The highest BCUT2D eigenvalue weighted by molar-refractivity contribution is 6.33. The Morgan fingerprint density at radius 1 is 1.13 bits per heavy atom. The van der Waals surface area contributed by atoms with Crippen molar-refractivity contribution in [3.05, 3.63) is 29.3 Å². The maximum Gasteiger partial charge on any atom is 0.237 e. The number of halogens is 1. The molecule has 1 aromatic carbocycles. The average molecular weight is 226 g/mol. The number of anilines is 1. The summed E-state index contributed by atoms with van der Waals surface area (Å²) in [5.74, 6) is -1.04. The summed E-state index contributed by atoms with van der Waals surface area (Å²) < 4.78 is 5.01. The highest BCUT2D eigenvalue weighted by Gasteiger charge is 2.19. The molecule has 15 heavy (non-hydrogen) atoms. The predicted molar refractivity (Wildman–Crippen MR) is 56.9 cm³/mol. The Bertz CT molecular complexity index is 507. The maximum absolute atomic E-state index is 9.51. The summed E-state index contributed by atoms with van der Waals surface area (Å²) in [6.07, 6.45) is 0. The zero-order chi connectivity index (χ0) is 11.0. The molecular weight excluding hydrogens is 218 g/mol. The van der Waals surface area contributed by atoms with Gasteiger partial charge in [-0.15, -0.1) is 0 Å². The SMILES string of the molecule is Nc1oc(-c2ccccc2Cl)c(O)c1O. The number of hydrogen-bond acceptors (Lipinski definition) is 4. The van der Waals surface area contributed by atoms with Gasteiger partial charge in [-0.25, -0.2) is 0 Å². The second-order valence-corrected chi connectivity index (χ2v) is 3.38. The maximum atomic E-state index is 9.51. The number of furan rings is 1. The van der Waals surface area contributed by atoms with Crippen molar-refractivity contribution in [2.75, 3.05) is 5.73 Å². The van der Waals surface area contributed by atoms with Crippen LogP contribution in [0.25, 0.3) is 11.3 Å². The standard InChI is InChI=1S/C10H8ClNO3/c11-6-4-2-1-3-5(6)9-7(13)8(14)10(12)15-9/h1-4,13-14H,12H2. The first-order chi connectivity index (χ1) is 7.11. The van der Waals surface area contributed by atoms with E-state index in [4.69, 9.17) is 21.8 Å². The molecule has 0 aliphatic carbocycles. The summed E-state index contributed by atoms with van der Waals surface area (Å²) >= 11 is 5.90. The third kappa shape index (κ3) is 1.49. The van der Waals surface area contributed by atoms with E-state index in [2.05, 4.69) is 0 Å². The third-order valence-corrected chi connectivity index (χ3v) is 2.33. The average Bonchev–Trinajstić information content (AvgIpc) is 2.47. The molecule has 1 aromatic heterocycles. The van der Waals surface area contributed by atoms with Crippen LogP contribution in [0.1, 0.15) is 0 Å². The van der Waals surface area contributed by atoms with Gasteiger partial charge in [-0.1, -0.05) is 23.7 Å². The van der Waals surface area contributed by atoms with Crippen LogP contribution in [0.4, 0.5) is 5.88 Å². The Kier molecular flexibility index (Phi) is 2.21. The second kappa shape index (κ2) is 3.40. The molecule has 4 N–H and O–H groups in total. The van der Waals surface area contributed by atoms with Crippen LogP contribution < -0.4 is 5.73 Å². The molecule has 0 saturated carbocycles. The Morgan fingerprint density at radius 3 is 2.33 bits per heavy atom. The summed E-state index contributed by atoms with van der Waals surface area (Å²) in [5, 5.41) is 19.2. The molecule has 0 aliphatic heterocycles. The summed E-state index contributed by atoms with van der Waals surface area (Å²) in [7, 11) is 0. The minimum atomic E-state index is -0.468. The molecule has 1 heterocycles. The van der Waals surface area contributed by atoms with E-state index in [1.807, 2.05) is 0 Å². The smallest absolute Gasteiger partial charge is 0.237 e. The van der Waals surface area contributed by atoms with Crippen LogP contribution >= 0.6 is 11.6 Å². The largest absolute Gasteiger partial charge is 0.502 e. The van der Waals surface area contributed by atoms with Crippen molar-refractivity contribution in [3.63, 3.8) is 0 Å². The van der Waals surface area contributed by atoms with Gasteiger partial charge < -0.3 is 20.4 Å². The van der Waals surface area contributed by atoms with Gasteiger partial charge in [0.1, 0.15) is 0 Å². The van der Waals surface area contributed by atoms with E-state index in [1.54, 1.807) is 24.3 Å². The number of rotatable bonds is 1. The summed E-state index contributed by atoms with van der Waals surface area (Å²) in [4.78, 5) is 0. The molecule has 0 amide bonds. The lowest BCUT2D eigenvalue weighted by molar-refractivity contribution is 0.410. The fraction of sp³-hybridized carbons (Fsp3) is 0. The Hall–Kier alpha value is -1.81.